The Balaban J connectivity index is 3.91. The maximum absolute atomic E-state index is 10.9. The SMILES string of the molecule is C=CC(=O)OC(CC)CCC(C)(C)O. The zero-order chi connectivity index (χ0) is 11.2. The summed E-state index contributed by atoms with van der Waals surface area (Å²) in [5, 5.41) is 9.49. The van der Waals surface area contributed by atoms with Crippen molar-refractivity contribution in [1.29, 1.82) is 0 Å². The molecular formula is C11H20O3. The van der Waals surface area contributed by atoms with Crippen molar-refractivity contribution in [3.05, 3.63) is 12.7 Å². The van der Waals surface area contributed by atoms with Gasteiger partial charge in [0.25, 0.3) is 0 Å². The van der Waals surface area contributed by atoms with Crippen LogP contribution in [0.1, 0.15) is 40.0 Å². The number of aliphatic hydroxyl groups is 1. The number of carbonyl (C=O) groups is 1. The first-order chi connectivity index (χ1) is 6.39. The second kappa shape index (κ2) is 5.81. The molecule has 3 heteroatoms. The van der Waals surface area contributed by atoms with Gasteiger partial charge in [-0.25, -0.2) is 4.79 Å². The van der Waals surface area contributed by atoms with Gasteiger partial charge in [0, 0.05) is 6.08 Å². The van der Waals surface area contributed by atoms with Crippen LogP contribution in [0.2, 0.25) is 0 Å². The predicted octanol–water partition coefficient (Wildman–Crippen LogP) is 2.05. The van der Waals surface area contributed by atoms with Gasteiger partial charge in [-0.2, -0.15) is 0 Å². The lowest BCUT2D eigenvalue weighted by Gasteiger charge is -2.21. The van der Waals surface area contributed by atoms with E-state index >= 15 is 0 Å². The number of ether oxygens (including phenoxy) is 1. The van der Waals surface area contributed by atoms with Crippen LogP contribution >= 0.6 is 0 Å². The van der Waals surface area contributed by atoms with Crippen LogP contribution in [0.5, 0.6) is 0 Å². The van der Waals surface area contributed by atoms with Gasteiger partial charge < -0.3 is 9.84 Å². The van der Waals surface area contributed by atoms with E-state index in [1.807, 2.05) is 6.92 Å². The molecule has 0 bridgehead atoms. The van der Waals surface area contributed by atoms with E-state index in [-0.39, 0.29) is 6.10 Å². The molecular weight excluding hydrogens is 180 g/mol. The van der Waals surface area contributed by atoms with Crippen LogP contribution in [0.3, 0.4) is 0 Å². The lowest BCUT2D eigenvalue weighted by atomic mass is 9.99. The first-order valence-corrected chi connectivity index (χ1v) is 4.94. The quantitative estimate of drug-likeness (QED) is 0.527. The Kier molecular flexibility index (Phi) is 5.46. The highest BCUT2D eigenvalue weighted by Gasteiger charge is 2.17. The Morgan fingerprint density at radius 2 is 2.21 bits per heavy atom. The third-order valence-electron chi connectivity index (χ3n) is 1.98. The van der Waals surface area contributed by atoms with Gasteiger partial charge >= 0.3 is 5.97 Å². The predicted molar refractivity (Wildman–Crippen MR) is 55.9 cm³/mol. The summed E-state index contributed by atoms with van der Waals surface area (Å²) in [5.41, 5.74) is -0.700. The summed E-state index contributed by atoms with van der Waals surface area (Å²) in [5.74, 6) is -0.396. The molecule has 0 aromatic heterocycles. The van der Waals surface area contributed by atoms with E-state index < -0.39 is 11.6 Å². The number of hydrogen-bond acceptors (Lipinski definition) is 3. The first-order valence-electron chi connectivity index (χ1n) is 4.94. The van der Waals surface area contributed by atoms with Gasteiger partial charge in [0.1, 0.15) is 6.10 Å². The first kappa shape index (κ1) is 13.2. The molecule has 0 aliphatic carbocycles. The fourth-order valence-electron chi connectivity index (χ4n) is 1.07. The van der Waals surface area contributed by atoms with Crippen LogP contribution in [-0.2, 0) is 9.53 Å². The van der Waals surface area contributed by atoms with Crippen LogP contribution in [0.25, 0.3) is 0 Å². The fourth-order valence-corrected chi connectivity index (χ4v) is 1.07. The topological polar surface area (TPSA) is 46.5 Å². The summed E-state index contributed by atoms with van der Waals surface area (Å²) in [4.78, 5) is 10.9. The summed E-state index contributed by atoms with van der Waals surface area (Å²) >= 11 is 0. The zero-order valence-electron chi connectivity index (χ0n) is 9.25. The smallest absolute Gasteiger partial charge is 0.330 e. The number of rotatable bonds is 6. The van der Waals surface area contributed by atoms with Gasteiger partial charge in [0.15, 0.2) is 0 Å². The second-order valence-electron chi connectivity index (χ2n) is 4.02. The van der Waals surface area contributed by atoms with Crippen molar-refractivity contribution >= 4 is 5.97 Å². The molecule has 0 radical (unpaired) electrons. The standard InChI is InChI=1S/C11H20O3/c1-5-9(14-10(12)6-2)7-8-11(3,4)13/h6,9,13H,2,5,7-8H2,1,3-4H3. The van der Waals surface area contributed by atoms with Crippen LogP contribution in [0, 0.1) is 0 Å². The van der Waals surface area contributed by atoms with Crippen molar-refractivity contribution in [1.82, 2.24) is 0 Å². The highest BCUT2D eigenvalue weighted by molar-refractivity contribution is 5.81. The van der Waals surface area contributed by atoms with E-state index in [4.69, 9.17) is 4.74 Å². The zero-order valence-corrected chi connectivity index (χ0v) is 9.25. The molecule has 0 aromatic rings. The van der Waals surface area contributed by atoms with E-state index in [0.29, 0.717) is 12.8 Å². The molecule has 0 saturated carbocycles. The molecule has 0 aliphatic heterocycles. The maximum Gasteiger partial charge on any atom is 0.330 e. The largest absolute Gasteiger partial charge is 0.459 e. The number of esters is 1. The molecule has 0 rings (SSSR count). The van der Waals surface area contributed by atoms with Gasteiger partial charge in [0.05, 0.1) is 5.60 Å². The summed E-state index contributed by atoms with van der Waals surface area (Å²) < 4.78 is 5.08. The number of hydrogen-bond donors (Lipinski definition) is 1. The van der Waals surface area contributed by atoms with Gasteiger partial charge in [0.2, 0.25) is 0 Å². The summed E-state index contributed by atoms with van der Waals surface area (Å²) in [6.45, 7) is 8.77. The minimum atomic E-state index is -0.700. The van der Waals surface area contributed by atoms with Gasteiger partial charge in [-0.1, -0.05) is 13.5 Å². The minimum absolute atomic E-state index is 0.119. The molecule has 3 nitrogen and oxygen atoms in total. The monoisotopic (exact) mass is 200 g/mol. The second-order valence-corrected chi connectivity index (χ2v) is 4.02. The van der Waals surface area contributed by atoms with Crippen molar-refractivity contribution < 1.29 is 14.6 Å². The van der Waals surface area contributed by atoms with E-state index in [2.05, 4.69) is 6.58 Å². The summed E-state index contributed by atoms with van der Waals surface area (Å²) in [6.07, 6.45) is 3.10. The van der Waals surface area contributed by atoms with Crippen molar-refractivity contribution in [3.8, 4) is 0 Å². The Hall–Kier alpha value is -0.830. The Labute approximate surface area is 85.8 Å². The third kappa shape index (κ3) is 6.66. The number of carbonyl (C=O) groups excluding carboxylic acids is 1. The molecule has 0 aliphatic rings. The van der Waals surface area contributed by atoms with Crippen molar-refractivity contribution in [3.63, 3.8) is 0 Å². The van der Waals surface area contributed by atoms with Gasteiger partial charge in [-0.05, 0) is 33.1 Å². The molecule has 1 N–H and O–H groups in total. The molecule has 14 heavy (non-hydrogen) atoms. The lowest BCUT2D eigenvalue weighted by molar-refractivity contribution is -0.144. The van der Waals surface area contributed by atoms with Crippen molar-refractivity contribution in [2.24, 2.45) is 0 Å². The Bertz CT molecular complexity index is 191. The van der Waals surface area contributed by atoms with E-state index in [9.17, 15) is 9.90 Å². The molecule has 0 spiro atoms. The highest BCUT2D eigenvalue weighted by Crippen LogP contribution is 2.15. The molecule has 0 heterocycles. The minimum Gasteiger partial charge on any atom is -0.459 e. The molecule has 0 amide bonds. The maximum atomic E-state index is 10.9. The van der Waals surface area contributed by atoms with E-state index in [1.54, 1.807) is 13.8 Å². The Morgan fingerprint density at radius 3 is 2.57 bits per heavy atom. The fraction of sp³-hybridized carbons (Fsp3) is 0.727. The van der Waals surface area contributed by atoms with Crippen LogP contribution in [-0.4, -0.2) is 22.8 Å². The average Bonchev–Trinajstić information content (AvgIpc) is 2.10. The van der Waals surface area contributed by atoms with Crippen LogP contribution in [0.4, 0.5) is 0 Å². The normalized spacial score (nSPS) is 13.4. The van der Waals surface area contributed by atoms with Gasteiger partial charge in [-0.15, -0.1) is 0 Å². The highest BCUT2D eigenvalue weighted by atomic mass is 16.5. The molecule has 0 fully saturated rings. The lowest BCUT2D eigenvalue weighted by Crippen LogP contribution is -2.23. The van der Waals surface area contributed by atoms with Crippen molar-refractivity contribution in [2.75, 3.05) is 0 Å². The molecule has 82 valence electrons. The van der Waals surface area contributed by atoms with Crippen LogP contribution < -0.4 is 0 Å². The molecule has 0 saturated heterocycles. The van der Waals surface area contributed by atoms with E-state index in [0.717, 1.165) is 12.5 Å². The van der Waals surface area contributed by atoms with E-state index in [1.165, 1.54) is 0 Å². The van der Waals surface area contributed by atoms with Crippen LogP contribution in [0.15, 0.2) is 12.7 Å². The Morgan fingerprint density at radius 1 is 1.64 bits per heavy atom. The third-order valence-corrected chi connectivity index (χ3v) is 1.98. The average molecular weight is 200 g/mol. The molecule has 1 unspecified atom stereocenters. The molecule has 0 aromatic carbocycles. The van der Waals surface area contributed by atoms with Crippen molar-refractivity contribution in [2.45, 2.75) is 51.7 Å². The summed E-state index contributed by atoms with van der Waals surface area (Å²) in [6, 6.07) is 0. The summed E-state index contributed by atoms with van der Waals surface area (Å²) in [7, 11) is 0. The molecule has 1 atom stereocenters. The van der Waals surface area contributed by atoms with Gasteiger partial charge in [-0.3, -0.25) is 0 Å².